The molecular formula is C13H13ClN4O3. The van der Waals surface area contributed by atoms with Gasteiger partial charge in [0.1, 0.15) is 17.6 Å². The van der Waals surface area contributed by atoms with Crippen LogP contribution in [0.15, 0.2) is 30.3 Å². The van der Waals surface area contributed by atoms with Gasteiger partial charge in [-0.1, -0.05) is 23.7 Å². The zero-order valence-electron chi connectivity index (χ0n) is 11.2. The summed E-state index contributed by atoms with van der Waals surface area (Å²) in [5.41, 5.74) is 0.954. The summed E-state index contributed by atoms with van der Waals surface area (Å²) in [6, 6.07) is 7.89. The minimum absolute atomic E-state index is 0.0613. The first kappa shape index (κ1) is 15.1. The average molecular weight is 309 g/mol. The molecule has 0 aliphatic heterocycles. The van der Waals surface area contributed by atoms with Crippen LogP contribution in [0.4, 0.5) is 11.5 Å². The van der Waals surface area contributed by atoms with Crippen molar-refractivity contribution in [1.29, 1.82) is 0 Å². The van der Waals surface area contributed by atoms with Crippen LogP contribution >= 0.6 is 11.6 Å². The summed E-state index contributed by atoms with van der Waals surface area (Å²) in [6.07, 6.45) is 0. The Kier molecular flexibility index (Phi) is 5.02. The van der Waals surface area contributed by atoms with E-state index >= 15 is 0 Å². The van der Waals surface area contributed by atoms with Gasteiger partial charge in [-0.25, -0.2) is 9.97 Å². The van der Waals surface area contributed by atoms with E-state index < -0.39 is 4.92 Å². The third kappa shape index (κ3) is 4.37. The molecular weight excluding hydrogens is 296 g/mol. The van der Waals surface area contributed by atoms with E-state index in [1.54, 1.807) is 25.3 Å². The van der Waals surface area contributed by atoms with Gasteiger partial charge < -0.3 is 10.1 Å². The Balaban J connectivity index is 2.03. The number of benzene rings is 1. The van der Waals surface area contributed by atoms with Gasteiger partial charge in [-0.2, -0.15) is 0 Å². The molecule has 110 valence electrons. The van der Waals surface area contributed by atoms with Crippen LogP contribution in [0.1, 0.15) is 11.4 Å². The molecule has 0 spiro atoms. The van der Waals surface area contributed by atoms with E-state index in [0.29, 0.717) is 23.3 Å². The molecule has 0 atom stereocenters. The largest absolute Gasteiger partial charge is 0.377 e. The Morgan fingerprint density at radius 1 is 1.33 bits per heavy atom. The molecule has 0 fully saturated rings. The minimum Gasteiger partial charge on any atom is -0.377 e. The van der Waals surface area contributed by atoms with Crippen molar-refractivity contribution >= 4 is 23.1 Å². The Morgan fingerprint density at radius 2 is 2.05 bits per heavy atom. The Bertz CT molecular complexity index is 634. The number of anilines is 1. The molecule has 1 N–H and O–H groups in total. The van der Waals surface area contributed by atoms with Crippen LogP contribution in [0.25, 0.3) is 0 Å². The van der Waals surface area contributed by atoms with Gasteiger partial charge in [0.05, 0.1) is 4.92 Å². The molecule has 1 aromatic carbocycles. The minimum atomic E-state index is -0.432. The first-order valence-electron chi connectivity index (χ1n) is 6.08. The van der Waals surface area contributed by atoms with Crippen LogP contribution in [0.3, 0.4) is 0 Å². The second-order valence-corrected chi connectivity index (χ2v) is 4.59. The van der Waals surface area contributed by atoms with Crippen LogP contribution < -0.4 is 5.32 Å². The lowest BCUT2D eigenvalue weighted by molar-refractivity contribution is -0.384. The monoisotopic (exact) mass is 308 g/mol. The Hall–Kier alpha value is -2.25. The highest BCUT2D eigenvalue weighted by atomic mass is 35.5. The summed E-state index contributed by atoms with van der Waals surface area (Å²) in [4.78, 5) is 18.4. The number of ether oxygens (including phenoxy) is 1. The number of hydrogen-bond donors (Lipinski definition) is 1. The molecule has 0 aliphatic rings. The molecule has 0 saturated heterocycles. The highest BCUT2D eigenvalue weighted by Gasteiger charge is 2.05. The van der Waals surface area contributed by atoms with E-state index in [9.17, 15) is 10.1 Å². The summed E-state index contributed by atoms with van der Waals surface area (Å²) in [7, 11) is 1.55. The summed E-state index contributed by atoms with van der Waals surface area (Å²) in [5.74, 6) is 1.05. The van der Waals surface area contributed by atoms with E-state index in [1.807, 2.05) is 0 Å². The average Bonchev–Trinajstić information content (AvgIpc) is 2.45. The lowest BCUT2D eigenvalue weighted by Gasteiger charge is -2.07. The van der Waals surface area contributed by atoms with Crippen molar-refractivity contribution in [2.24, 2.45) is 0 Å². The first-order chi connectivity index (χ1) is 10.1. The summed E-state index contributed by atoms with van der Waals surface area (Å²) < 4.78 is 4.96. The Labute approximate surface area is 126 Å². The molecule has 0 bridgehead atoms. The van der Waals surface area contributed by atoms with E-state index in [0.717, 1.165) is 5.56 Å². The number of rotatable bonds is 6. The van der Waals surface area contributed by atoms with E-state index in [1.165, 1.54) is 12.1 Å². The topological polar surface area (TPSA) is 90.2 Å². The normalized spacial score (nSPS) is 10.4. The molecule has 0 radical (unpaired) electrons. The molecule has 1 heterocycles. The quantitative estimate of drug-likeness (QED) is 0.501. The molecule has 21 heavy (non-hydrogen) atoms. The highest BCUT2D eigenvalue weighted by Crippen LogP contribution is 2.15. The number of nitrogens with one attached hydrogen (secondary N) is 1. The van der Waals surface area contributed by atoms with Crippen molar-refractivity contribution in [3.05, 3.63) is 57.0 Å². The third-order valence-corrected chi connectivity index (χ3v) is 2.83. The number of nitro groups is 1. The maximum Gasteiger partial charge on any atom is 0.269 e. The van der Waals surface area contributed by atoms with Gasteiger partial charge >= 0.3 is 0 Å². The summed E-state index contributed by atoms with van der Waals surface area (Å²) >= 11 is 5.90. The van der Waals surface area contributed by atoms with Gasteiger partial charge in [0.2, 0.25) is 0 Å². The fraction of sp³-hybridized carbons (Fsp3) is 0.231. The molecule has 8 heteroatoms. The molecule has 1 aromatic heterocycles. The van der Waals surface area contributed by atoms with E-state index in [2.05, 4.69) is 15.3 Å². The summed E-state index contributed by atoms with van der Waals surface area (Å²) in [6.45, 7) is 0.741. The number of halogens is 1. The van der Waals surface area contributed by atoms with Crippen LogP contribution in [0.5, 0.6) is 0 Å². The highest BCUT2D eigenvalue weighted by molar-refractivity contribution is 6.29. The van der Waals surface area contributed by atoms with Gasteiger partial charge in [0, 0.05) is 31.9 Å². The second kappa shape index (κ2) is 6.96. The third-order valence-electron chi connectivity index (χ3n) is 2.64. The van der Waals surface area contributed by atoms with Crippen molar-refractivity contribution in [3.63, 3.8) is 0 Å². The van der Waals surface area contributed by atoms with Crippen molar-refractivity contribution in [3.8, 4) is 0 Å². The maximum absolute atomic E-state index is 10.6. The predicted molar refractivity (Wildman–Crippen MR) is 78.2 cm³/mol. The van der Waals surface area contributed by atoms with Crippen LogP contribution in [-0.4, -0.2) is 22.0 Å². The van der Waals surface area contributed by atoms with Crippen LogP contribution in [0, 0.1) is 10.1 Å². The molecule has 0 aliphatic carbocycles. The molecule has 2 aromatic rings. The van der Waals surface area contributed by atoms with Gasteiger partial charge in [-0.3, -0.25) is 10.1 Å². The van der Waals surface area contributed by atoms with E-state index in [4.69, 9.17) is 16.3 Å². The fourth-order valence-corrected chi connectivity index (χ4v) is 1.88. The van der Waals surface area contributed by atoms with E-state index in [-0.39, 0.29) is 12.3 Å². The van der Waals surface area contributed by atoms with Gasteiger partial charge in [0.15, 0.2) is 5.82 Å². The lowest BCUT2D eigenvalue weighted by Crippen LogP contribution is -2.05. The molecule has 7 nitrogen and oxygen atoms in total. The second-order valence-electron chi connectivity index (χ2n) is 4.20. The first-order valence-corrected chi connectivity index (χ1v) is 6.46. The molecule has 0 amide bonds. The smallest absolute Gasteiger partial charge is 0.269 e. The summed E-state index contributed by atoms with van der Waals surface area (Å²) in [5, 5.41) is 14.0. The van der Waals surface area contributed by atoms with Crippen LogP contribution in [0.2, 0.25) is 5.15 Å². The van der Waals surface area contributed by atoms with Gasteiger partial charge in [-0.15, -0.1) is 0 Å². The predicted octanol–water partition coefficient (Wildman–Crippen LogP) is 2.80. The van der Waals surface area contributed by atoms with Crippen molar-refractivity contribution in [1.82, 2.24) is 9.97 Å². The Morgan fingerprint density at radius 3 is 2.67 bits per heavy atom. The number of methoxy groups -OCH3 is 1. The number of non-ortho nitro benzene ring substituents is 1. The fourth-order valence-electron chi connectivity index (χ4n) is 1.68. The SMILES string of the molecule is COCc1nc(Cl)cc(NCc2ccc([N+](=O)[O-])cc2)n1. The molecule has 0 saturated carbocycles. The molecule has 2 rings (SSSR count). The lowest BCUT2D eigenvalue weighted by atomic mass is 10.2. The zero-order valence-corrected chi connectivity index (χ0v) is 12.0. The van der Waals surface area contributed by atoms with Gasteiger partial charge in [-0.05, 0) is 5.56 Å². The number of aromatic nitrogens is 2. The van der Waals surface area contributed by atoms with Gasteiger partial charge in [0.25, 0.3) is 5.69 Å². The maximum atomic E-state index is 10.6. The molecule has 0 unspecified atom stereocenters. The number of nitrogens with zero attached hydrogens (tertiary/aromatic N) is 3. The van der Waals surface area contributed by atoms with Crippen LogP contribution in [-0.2, 0) is 17.9 Å². The van der Waals surface area contributed by atoms with Crippen molar-refractivity contribution < 1.29 is 9.66 Å². The standard InChI is InChI=1S/C13H13ClN4O3/c1-21-8-13-16-11(14)6-12(17-13)15-7-9-2-4-10(5-3-9)18(19)20/h2-6H,7-8H2,1H3,(H,15,16,17). The zero-order chi connectivity index (χ0) is 15.2. The number of nitro benzene ring substituents is 1. The van der Waals surface area contributed by atoms with Crippen molar-refractivity contribution in [2.75, 3.05) is 12.4 Å². The van der Waals surface area contributed by atoms with Crippen molar-refractivity contribution in [2.45, 2.75) is 13.2 Å². The number of hydrogen-bond acceptors (Lipinski definition) is 6.